The van der Waals surface area contributed by atoms with Gasteiger partial charge < -0.3 is 15.2 Å². The van der Waals surface area contributed by atoms with E-state index in [2.05, 4.69) is 4.74 Å². The van der Waals surface area contributed by atoms with Gasteiger partial charge in [0.2, 0.25) is 0 Å². The minimum absolute atomic E-state index is 0.329. The second-order valence-electron chi connectivity index (χ2n) is 3.92. The number of benzene rings is 1. The van der Waals surface area contributed by atoms with E-state index in [-0.39, 0.29) is 5.97 Å². The number of nitrogens with two attached hydrogens (primary N) is 1. The molecule has 0 unspecified atom stereocenters. The molecule has 0 atom stereocenters. The van der Waals surface area contributed by atoms with Crippen molar-refractivity contribution in [1.82, 2.24) is 0 Å². The first-order valence-electron chi connectivity index (χ1n) is 5.62. The molecule has 0 fully saturated rings. The van der Waals surface area contributed by atoms with Gasteiger partial charge in [0.05, 0.1) is 19.3 Å². The zero-order valence-corrected chi connectivity index (χ0v) is 10.6. The van der Waals surface area contributed by atoms with Gasteiger partial charge in [0.25, 0.3) is 0 Å². The van der Waals surface area contributed by atoms with E-state index in [1.54, 1.807) is 12.1 Å². The van der Waals surface area contributed by atoms with Gasteiger partial charge in [0, 0.05) is 0 Å². The van der Waals surface area contributed by atoms with E-state index < -0.39 is 0 Å². The van der Waals surface area contributed by atoms with E-state index >= 15 is 0 Å². The lowest BCUT2D eigenvalue weighted by Crippen LogP contribution is -2.08. The summed E-state index contributed by atoms with van der Waals surface area (Å²) in [5.41, 5.74) is 7.82. The first-order chi connectivity index (χ1) is 8.10. The molecule has 0 heterocycles. The highest BCUT2D eigenvalue weighted by Gasteiger charge is 2.11. The predicted molar refractivity (Wildman–Crippen MR) is 66.4 cm³/mol. The molecule has 0 aromatic heterocycles. The first kappa shape index (κ1) is 13.5. The minimum Gasteiger partial charge on any atom is -0.493 e. The van der Waals surface area contributed by atoms with E-state index in [1.807, 2.05) is 13.8 Å². The van der Waals surface area contributed by atoms with Crippen molar-refractivity contribution in [3.05, 3.63) is 28.8 Å². The summed E-state index contributed by atoms with van der Waals surface area (Å²) in [6.07, 6.45) is 0.817. The van der Waals surface area contributed by atoms with Crippen molar-refractivity contribution < 1.29 is 14.3 Å². The van der Waals surface area contributed by atoms with Gasteiger partial charge in [-0.2, -0.15) is 0 Å². The molecule has 17 heavy (non-hydrogen) atoms. The van der Waals surface area contributed by atoms with Crippen LogP contribution in [-0.4, -0.2) is 26.2 Å². The Morgan fingerprint density at radius 2 is 1.88 bits per heavy atom. The number of methoxy groups -OCH3 is 1. The van der Waals surface area contributed by atoms with Crippen molar-refractivity contribution in [2.45, 2.75) is 20.3 Å². The topological polar surface area (TPSA) is 61.5 Å². The van der Waals surface area contributed by atoms with Gasteiger partial charge in [0.15, 0.2) is 0 Å². The van der Waals surface area contributed by atoms with Crippen LogP contribution in [0, 0.1) is 13.8 Å². The normalized spacial score (nSPS) is 10.1. The maximum absolute atomic E-state index is 11.4. The molecule has 0 saturated heterocycles. The van der Waals surface area contributed by atoms with Crippen LogP contribution in [0.3, 0.4) is 0 Å². The SMILES string of the molecule is COC(=O)c1cc(C)c(OCCCN)c(C)c1. The molecule has 0 aliphatic rings. The van der Waals surface area contributed by atoms with Gasteiger partial charge in [-0.15, -0.1) is 0 Å². The van der Waals surface area contributed by atoms with Crippen LogP contribution >= 0.6 is 0 Å². The minimum atomic E-state index is -0.329. The Hall–Kier alpha value is -1.55. The predicted octanol–water partition coefficient (Wildman–Crippen LogP) is 1.82. The third-order valence-corrected chi connectivity index (χ3v) is 2.48. The van der Waals surface area contributed by atoms with Crippen LogP contribution < -0.4 is 10.5 Å². The Morgan fingerprint density at radius 3 is 2.35 bits per heavy atom. The third-order valence-electron chi connectivity index (χ3n) is 2.48. The molecule has 94 valence electrons. The van der Waals surface area contributed by atoms with E-state index in [0.717, 1.165) is 23.3 Å². The Morgan fingerprint density at radius 1 is 1.29 bits per heavy atom. The Bertz CT molecular complexity index is 379. The Labute approximate surface area is 102 Å². The van der Waals surface area contributed by atoms with Crippen molar-refractivity contribution >= 4 is 5.97 Å². The third kappa shape index (κ3) is 3.46. The fourth-order valence-corrected chi connectivity index (χ4v) is 1.67. The number of ether oxygens (including phenoxy) is 2. The number of hydrogen-bond donors (Lipinski definition) is 1. The Kier molecular flexibility index (Phi) is 4.97. The molecule has 0 bridgehead atoms. The molecule has 1 aromatic carbocycles. The van der Waals surface area contributed by atoms with E-state index in [9.17, 15) is 4.79 Å². The Balaban J connectivity index is 2.90. The van der Waals surface area contributed by atoms with Crippen molar-refractivity contribution in [3.8, 4) is 5.75 Å². The summed E-state index contributed by atoms with van der Waals surface area (Å²) in [7, 11) is 1.37. The van der Waals surface area contributed by atoms with Crippen molar-refractivity contribution in [1.29, 1.82) is 0 Å². The monoisotopic (exact) mass is 237 g/mol. The summed E-state index contributed by atoms with van der Waals surface area (Å²) >= 11 is 0. The summed E-state index contributed by atoms with van der Waals surface area (Å²) < 4.78 is 10.3. The van der Waals surface area contributed by atoms with Gasteiger partial charge in [0.1, 0.15) is 5.75 Å². The van der Waals surface area contributed by atoms with Crippen LogP contribution in [0.25, 0.3) is 0 Å². The second-order valence-corrected chi connectivity index (χ2v) is 3.92. The van der Waals surface area contributed by atoms with Crippen molar-refractivity contribution in [2.75, 3.05) is 20.3 Å². The maximum Gasteiger partial charge on any atom is 0.337 e. The maximum atomic E-state index is 11.4. The highest BCUT2D eigenvalue weighted by atomic mass is 16.5. The van der Waals surface area contributed by atoms with Gasteiger partial charge in [-0.05, 0) is 50.1 Å². The van der Waals surface area contributed by atoms with Crippen LogP contribution in [0.4, 0.5) is 0 Å². The van der Waals surface area contributed by atoms with Gasteiger partial charge in [-0.1, -0.05) is 0 Å². The fraction of sp³-hybridized carbons (Fsp3) is 0.462. The number of carbonyl (C=O) groups is 1. The molecule has 4 heteroatoms. The lowest BCUT2D eigenvalue weighted by Gasteiger charge is -2.13. The van der Waals surface area contributed by atoms with Gasteiger partial charge in [-0.3, -0.25) is 0 Å². The molecule has 0 spiro atoms. The fourth-order valence-electron chi connectivity index (χ4n) is 1.67. The summed E-state index contributed by atoms with van der Waals surface area (Å²) in [4.78, 5) is 11.4. The first-order valence-corrected chi connectivity index (χ1v) is 5.62. The lowest BCUT2D eigenvalue weighted by molar-refractivity contribution is 0.0600. The zero-order chi connectivity index (χ0) is 12.8. The van der Waals surface area contributed by atoms with Crippen LogP contribution in [0.1, 0.15) is 27.9 Å². The number of carbonyl (C=O) groups excluding carboxylic acids is 1. The smallest absolute Gasteiger partial charge is 0.337 e. The van der Waals surface area contributed by atoms with Gasteiger partial charge >= 0.3 is 5.97 Å². The number of aryl methyl sites for hydroxylation is 2. The molecule has 0 amide bonds. The molecular formula is C13H19NO3. The quantitative estimate of drug-likeness (QED) is 0.626. The largest absolute Gasteiger partial charge is 0.493 e. The highest BCUT2D eigenvalue weighted by Crippen LogP contribution is 2.25. The average Bonchev–Trinajstić information content (AvgIpc) is 2.31. The summed E-state index contributed by atoms with van der Waals surface area (Å²) in [6.45, 7) is 5.03. The second kappa shape index (κ2) is 6.25. The molecule has 0 aliphatic carbocycles. The standard InChI is InChI=1S/C13H19NO3/c1-9-7-11(13(15)16-3)8-10(2)12(9)17-6-4-5-14/h7-8H,4-6,14H2,1-3H3. The van der Waals surface area contributed by atoms with Crippen molar-refractivity contribution in [2.24, 2.45) is 5.73 Å². The summed E-state index contributed by atoms with van der Waals surface area (Å²) in [5, 5.41) is 0. The zero-order valence-electron chi connectivity index (χ0n) is 10.6. The molecule has 2 N–H and O–H groups in total. The molecular weight excluding hydrogens is 218 g/mol. The molecule has 1 rings (SSSR count). The number of esters is 1. The average molecular weight is 237 g/mol. The summed E-state index contributed by atoms with van der Waals surface area (Å²) in [6, 6.07) is 3.55. The molecule has 0 saturated carbocycles. The van der Waals surface area contributed by atoms with Crippen LogP contribution in [0.5, 0.6) is 5.75 Å². The summed E-state index contributed by atoms with van der Waals surface area (Å²) in [5.74, 6) is 0.496. The lowest BCUT2D eigenvalue weighted by atomic mass is 10.1. The van der Waals surface area contributed by atoms with E-state index in [4.69, 9.17) is 10.5 Å². The van der Waals surface area contributed by atoms with Crippen molar-refractivity contribution in [3.63, 3.8) is 0 Å². The number of rotatable bonds is 5. The van der Waals surface area contributed by atoms with Crippen LogP contribution in [-0.2, 0) is 4.74 Å². The van der Waals surface area contributed by atoms with Crippen LogP contribution in [0.15, 0.2) is 12.1 Å². The highest BCUT2D eigenvalue weighted by molar-refractivity contribution is 5.90. The molecule has 1 aromatic rings. The van der Waals surface area contributed by atoms with Crippen LogP contribution in [0.2, 0.25) is 0 Å². The van der Waals surface area contributed by atoms with Gasteiger partial charge in [-0.25, -0.2) is 4.79 Å². The van der Waals surface area contributed by atoms with E-state index in [0.29, 0.717) is 18.7 Å². The number of hydrogen-bond acceptors (Lipinski definition) is 4. The molecule has 4 nitrogen and oxygen atoms in total. The molecule has 0 radical (unpaired) electrons. The van der Waals surface area contributed by atoms with E-state index in [1.165, 1.54) is 7.11 Å². The molecule has 0 aliphatic heterocycles.